The van der Waals surface area contributed by atoms with Crippen LogP contribution in [0.1, 0.15) is 22.2 Å². The summed E-state index contributed by atoms with van der Waals surface area (Å²) in [5.74, 6) is 6.53. The molecular formula is C14H13BrN2OS. The third-order valence-electron chi connectivity index (χ3n) is 3.12. The largest absolute Gasteiger partial charge is 0.459 e. The maximum atomic E-state index is 5.97. The van der Waals surface area contributed by atoms with Crippen molar-refractivity contribution in [2.75, 3.05) is 0 Å². The SMILES string of the molecule is Cc1cccc2cc(C(NN)c3sccc3Br)oc12. The molecule has 2 aromatic heterocycles. The molecule has 5 heteroatoms. The molecule has 3 aromatic rings. The predicted octanol–water partition coefficient (Wildman–Crippen LogP) is 4.12. The molecule has 98 valence electrons. The summed E-state index contributed by atoms with van der Waals surface area (Å²) in [7, 11) is 0. The fraction of sp³-hybridized carbons (Fsp3) is 0.143. The Morgan fingerprint density at radius 3 is 2.84 bits per heavy atom. The van der Waals surface area contributed by atoms with E-state index < -0.39 is 0 Å². The Bertz CT molecular complexity index is 719. The Hall–Kier alpha value is -1.14. The van der Waals surface area contributed by atoms with E-state index in [2.05, 4.69) is 21.4 Å². The van der Waals surface area contributed by atoms with Gasteiger partial charge in [0, 0.05) is 14.7 Å². The number of hydrazine groups is 1. The van der Waals surface area contributed by atoms with E-state index in [1.54, 1.807) is 11.3 Å². The van der Waals surface area contributed by atoms with E-state index in [0.29, 0.717) is 0 Å². The van der Waals surface area contributed by atoms with Crippen LogP contribution in [0.15, 0.2) is 44.6 Å². The molecular weight excluding hydrogens is 324 g/mol. The maximum absolute atomic E-state index is 5.97. The summed E-state index contributed by atoms with van der Waals surface area (Å²) in [5.41, 5.74) is 4.88. The molecule has 0 aliphatic carbocycles. The van der Waals surface area contributed by atoms with Crippen molar-refractivity contribution in [3.8, 4) is 0 Å². The number of fused-ring (bicyclic) bond motifs is 1. The highest BCUT2D eigenvalue weighted by atomic mass is 79.9. The number of furan rings is 1. The zero-order chi connectivity index (χ0) is 13.4. The second kappa shape index (κ2) is 5.09. The fourth-order valence-corrected chi connectivity index (χ4v) is 3.84. The van der Waals surface area contributed by atoms with Crippen LogP contribution in [0.25, 0.3) is 11.0 Å². The topological polar surface area (TPSA) is 51.2 Å². The number of hydrogen-bond donors (Lipinski definition) is 2. The summed E-state index contributed by atoms with van der Waals surface area (Å²) in [6, 6.07) is 10.0. The van der Waals surface area contributed by atoms with Crippen LogP contribution < -0.4 is 11.3 Å². The summed E-state index contributed by atoms with van der Waals surface area (Å²) in [6.07, 6.45) is 0. The highest BCUT2D eigenvalue weighted by Crippen LogP contribution is 2.35. The van der Waals surface area contributed by atoms with Gasteiger partial charge in [-0.15, -0.1) is 11.3 Å². The molecule has 1 unspecified atom stereocenters. The Morgan fingerprint density at radius 1 is 1.37 bits per heavy atom. The molecule has 2 heterocycles. The summed E-state index contributed by atoms with van der Waals surface area (Å²) < 4.78 is 7.01. The molecule has 0 aliphatic heterocycles. The van der Waals surface area contributed by atoms with Gasteiger partial charge in [0.1, 0.15) is 17.4 Å². The monoisotopic (exact) mass is 336 g/mol. The number of benzene rings is 1. The number of hydrogen-bond acceptors (Lipinski definition) is 4. The Labute approximate surface area is 123 Å². The third kappa shape index (κ3) is 2.23. The van der Waals surface area contributed by atoms with Crippen molar-refractivity contribution in [3.63, 3.8) is 0 Å². The van der Waals surface area contributed by atoms with Crippen LogP contribution in [-0.2, 0) is 0 Å². The molecule has 0 radical (unpaired) electrons. The lowest BCUT2D eigenvalue weighted by molar-refractivity contribution is 0.479. The van der Waals surface area contributed by atoms with Crippen LogP contribution in [0.5, 0.6) is 0 Å². The first kappa shape index (κ1) is 12.9. The molecule has 0 amide bonds. The standard InChI is InChI=1S/C14H13BrN2OS/c1-8-3-2-4-9-7-11(18-13(8)9)12(17-16)14-10(15)5-6-19-14/h2-7,12,17H,16H2,1H3. The van der Waals surface area contributed by atoms with Crippen molar-refractivity contribution in [1.82, 2.24) is 5.43 Å². The van der Waals surface area contributed by atoms with Crippen molar-refractivity contribution in [1.29, 1.82) is 0 Å². The molecule has 3 rings (SSSR count). The van der Waals surface area contributed by atoms with Gasteiger partial charge in [-0.05, 0) is 45.9 Å². The van der Waals surface area contributed by atoms with Gasteiger partial charge >= 0.3 is 0 Å². The molecule has 19 heavy (non-hydrogen) atoms. The van der Waals surface area contributed by atoms with Gasteiger partial charge in [-0.25, -0.2) is 5.43 Å². The van der Waals surface area contributed by atoms with Crippen LogP contribution in [0.4, 0.5) is 0 Å². The van der Waals surface area contributed by atoms with Crippen LogP contribution in [0, 0.1) is 6.92 Å². The van der Waals surface area contributed by atoms with E-state index in [-0.39, 0.29) is 6.04 Å². The van der Waals surface area contributed by atoms with Crippen molar-refractivity contribution in [2.45, 2.75) is 13.0 Å². The lowest BCUT2D eigenvalue weighted by atomic mass is 10.1. The zero-order valence-corrected chi connectivity index (χ0v) is 12.7. The smallest absolute Gasteiger partial charge is 0.137 e. The quantitative estimate of drug-likeness (QED) is 0.558. The van der Waals surface area contributed by atoms with Crippen LogP contribution in [0.2, 0.25) is 0 Å². The molecule has 0 aliphatic rings. The minimum Gasteiger partial charge on any atom is -0.459 e. The second-order valence-electron chi connectivity index (χ2n) is 4.37. The lowest BCUT2D eigenvalue weighted by Crippen LogP contribution is -2.28. The van der Waals surface area contributed by atoms with E-state index >= 15 is 0 Å². The summed E-state index contributed by atoms with van der Waals surface area (Å²) >= 11 is 5.18. The Morgan fingerprint density at radius 2 is 2.21 bits per heavy atom. The molecule has 3 N–H and O–H groups in total. The molecule has 0 fully saturated rings. The van der Waals surface area contributed by atoms with Crippen molar-refractivity contribution < 1.29 is 4.42 Å². The normalized spacial score (nSPS) is 13.0. The highest BCUT2D eigenvalue weighted by Gasteiger charge is 2.21. The number of rotatable bonds is 3. The highest BCUT2D eigenvalue weighted by molar-refractivity contribution is 9.10. The van der Waals surface area contributed by atoms with Gasteiger partial charge in [0.15, 0.2) is 0 Å². The molecule has 0 saturated heterocycles. The van der Waals surface area contributed by atoms with Crippen molar-refractivity contribution in [2.24, 2.45) is 5.84 Å². The van der Waals surface area contributed by atoms with Gasteiger partial charge in [-0.3, -0.25) is 5.84 Å². The summed E-state index contributed by atoms with van der Waals surface area (Å²) in [5, 5.41) is 3.13. The molecule has 0 saturated carbocycles. The first-order valence-corrected chi connectivity index (χ1v) is 7.56. The molecule has 0 spiro atoms. The Balaban J connectivity index is 2.12. The summed E-state index contributed by atoms with van der Waals surface area (Å²) in [6.45, 7) is 2.04. The second-order valence-corrected chi connectivity index (χ2v) is 6.18. The average Bonchev–Trinajstić information content (AvgIpc) is 2.99. The average molecular weight is 337 g/mol. The molecule has 1 aromatic carbocycles. The number of halogens is 1. The van der Waals surface area contributed by atoms with Gasteiger partial charge in [0.2, 0.25) is 0 Å². The first-order valence-electron chi connectivity index (χ1n) is 5.89. The number of nitrogens with one attached hydrogen (secondary N) is 1. The predicted molar refractivity (Wildman–Crippen MR) is 82.1 cm³/mol. The van der Waals surface area contributed by atoms with Gasteiger partial charge in [0.05, 0.1) is 0 Å². The lowest BCUT2D eigenvalue weighted by Gasteiger charge is -2.11. The van der Waals surface area contributed by atoms with Gasteiger partial charge in [0.25, 0.3) is 0 Å². The maximum Gasteiger partial charge on any atom is 0.137 e. The summed E-state index contributed by atoms with van der Waals surface area (Å²) in [4.78, 5) is 1.11. The van der Waals surface area contributed by atoms with Gasteiger partial charge in [-0.2, -0.15) is 0 Å². The van der Waals surface area contributed by atoms with E-state index in [1.807, 2.05) is 42.6 Å². The molecule has 3 nitrogen and oxygen atoms in total. The van der Waals surface area contributed by atoms with E-state index in [0.717, 1.165) is 31.6 Å². The van der Waals surface area contributed by atoms with Gasteiger partial charge in [-0.1, -0.05) is 18.2 Å². The van der Waals surface area contributed by atoms with Crippen molar-refractivity contribution in [3.05, 3.63) is 56.4 Å². The van der Waals surface area contributed by atoms with Crippen LogP contribution >= 0.6 is 27.3 Å². The molecule has 0 bridgehead atoms. The number of thiophene rings is 1. The first-order chi connectivity index (χ1) is 9.20. The van der Waals surface area contributed by atoms with Crippen LogP contribution in [-0.4, -0.2) is 0 Å². The van der Waals surface area contributed by atoms with Gasteiger partial charge < -0.3 is 4.42 Å². The third-order valence-corrected chi connectivity index (χ3v) is 5.05. The molecule has 1 atom stereocenters. The Kier molecular flexibility index (Phi) is 3.45. The van der Waals surface area contributed by atoms with E-state index in [4.69, 9.17) is 10.3 Å². The minimum atomic E-state index is -0.138. The minimum absolute atomic E-state index is 0.138. The number of nitrogens with two attached hydrogens (primary N) is 1. The van der Waals surface area contributed by atoms with Crippen molar-refractivity contribution >= 4 is 38.2 Å². The number of para-hydroxylation sites is 1. The fourth-order valence-electron chi connectivity index (χ4n) is 2.17. The van der Waals surface area contributed by atoms with E-state index in [9.17, 15) is 0 Å². The zero-order valence-electron chi connectivity index (χ0n) is 10.3. The van der Waals surface area contributed by atoms with E-state index in [1.165, 1.54) is 0 Å². The number of aryl methyl sites for hydroxylation is 1. The van der Waals surface area contributed by atoms with Crippen LogP contribution in [0.3, 0.4) is 0 Å².